The fourth-order valence-electron chi connectivity index (χ4n) is 0.342. The van der Waals surface area contributed by atoms with Gasteiger partial charge in [-0.1, -0.05) is 17.7 Å². The predicted octanol–water partition coefficient (Wildman–Crippen LogP) is 1.58. The van der Waals surface area contributed by atoms with E-state index >= 15 is 0 Å². The SMILES string of the molecule is Clc1ccccn1.[H-].[H-].[Mg+2]. The molecule has 1 aromatic rings. The fourth-order valence-corrected chi connectivity index (χ4v) is 0.471. The fraction of sp³-hybridized carbons (Fsp3) is 0. The number of hydrogen-bond acceptors (Lipinski definition) is 1. The van der Waals surface area contributed by atoms with Crippen LogP contribution >= 0.6 is 11.6 Å². The first-order valence-corrected chi connectivity index (χ1v) is 2.34. The van der Waals surface area contributed by atoms with E-state index in [0.29, 0.717) is 5.15 Å². The molecule has 0 bridgehead atoms. The van der Waals surface area contributed by atoms with Gasteiger partial charge in [0.15, 0.2) is 0 Å². The molecular weight excluding hydrogens is 134 g/mol. The summed E-state index contributed by atoms with van der Waals surface area (Å²) in [5.41, 5.74) is 0. The normalized spacial score (nSPS) is 7.62. The number of halogens is 1. The van der Waals surface area contributed by atoms with E-state index in [-0.39, 0.29) is 25.9 Å². The Bertz CT molecular complexity index is 150. The molecule has 8 heavy (non-hydrogen) atoms. The second-order valence-electron chi connectivity index (χ2n) is 1.15. The Balaban J connectivity index is -0.000000163. The van der Waals surface area contributed by atoms with Crippen molar-refractivity contribution in [1.82, 2.24) is 4.98 Å². The molecule has 0 N–H and O–H groups in total. The third kappa shape index (κ3) is 2.50. The Morgan fingerprint density at radius 3 is 2.50 bits per heavy atom. The summed E-state index contributed by atoms with van der Waals surface area (Å²) in [5, 5.41) is 0.544. The van der Waals surface area contributed by atoms with E-state index in [4.69, 9.17) is 11.6 Å². The smallest absolute Gasteiger partial charge is 1.00 e. The summed E-state index contributed by atoms with van der Waals surface area (Å²) in [6.45, 7) is 0. The van der Waals surface area contributed by atoms with Gasteiger partial charge in [-0.05, 0) is 12.1 Å². The second-order valence-corrected chi connectivity index (χ2v) is 1.54. The zero-order valence-electron chi connectivity index (χ0n) is 6.34. The van der Waals surface area contributed by atoms with E-state index in [1.54, 1.807) is 12.3 Å². The van der Waals surface area contributed by atoms with E-state index in [2.05, 4.69) is 4.98 Å². The third-order valence-corrected chi connectivity index (χ3v) is 0.852. The molecule has 1 nitrogen and oxygen atoms in total. The Morgan fingerprint density at radius 1 is 1.50 bits per heavy atom. The van der Waals surface area contributed by atoms with Gasteiger partial charge >= 0.3 is 23.1 Å². The minimum atomic E-state index is 0. The van der Waals surface area contributed by atoms with Crippen molar-refractivity contribution >= 4 is 34.7 Å². The summed E-state index contributed by atoms with van der Waals surface area (Å²) in [7, 11) is 0. The molecule has 0 aliphatic heterocycles. The number of rotatable bonds is 0. The molecule has 0 unspecified atom stereocenters. The molecule has 40 valence electrons. The van der Waals surface area contributed by atoms with E-state index in [0.717, 1.165) is 0 Å². The van der Waals surface area contributed by atoms with Crippen LogP contribution in [0.5, 0.6) is 0 Å². The van der Waals surface area contributed by atoms with Crippen molar-refractivity contribution in [3.63, 3.8) is 0 Å². The van der Waals surface area contributed by atoms with E-state index in [1.165, 1.54) is 0 Å². The van der Waals surface area contributed by atoms with Gasteiger partial charge in [0.25, 0.3) is 0 Å². The van der Waals surface area contributed by atoms with Crippen molar-refractivity contribution in [1.29, 1.82) is 0 Å². The maximum absolute atomic E-state index is 5.43. The quantitative estimate of drug-likeness (QED) is 0.393. The first-order chi connectivity index (χ1) is 3.39. The maximum atomic E-state index is 5.43. The molecule has 0 aliphatic rings. The van der Waals surface area contributed by atoms with E-state index in [9.17, 15) is 0 Å². The molecule has 0 fully saturated rings. The van der Waals surface area contributed by atoms with Crippen LogP contribution in [0.4, 0.5) is 0 Å². The van der Waals surface area contributed by atoms with Crippen LogP contribution in [0, 0.1) is 0 Å². The van der Waals surface area contributed by atoms with Crippen LogP contribution < -0.4 is 0 Å². The molecular formula is C5H6ClMgN. The average Bonchev–Trinajstić information content (AvgIpc) is 1.69. The second kappa shape index (κ2) is 4.12. The molecule has 0 saturated heterocycles. The van der Waals surface area contributed by atoms with Crippen LogP contribution in [0.1, 0.15) is 2.85 Å². The van der Waals surface area contributed by atoms with Gasteiger partial charge in [0.05, 0.1) is 0 Å². The predicted molar refractivity (Wildman–Crippen MR) is 37.2 cm³/mol. The Labute approximate surface area is 72.2 Å². The summed E-state index contributed by atoms with van der Waals surface area (Å²) in [5.74, 6) is 0. The number of aromatic nitrogens is 1. The maximum Gasteiger partial charge on any atom is 2.00 e. The summed E-state index contributed by atoms with van der Waals surface area (Å²) in [6.07, 6.45) is 1.66. The minimum Gasteiger partial charge on any atom is -1.00 e. The van der Waals surface area contributed by atoms with E-state index < -0.39 is 0 Å². The van der Waals surface area contributed by atoms with Gasteiger partial charge in [-0.3, -0.25) is 0 Å². The molecule has 1 aromatic heterocycles. The van der Waals surface area contributed by atoms with Crippen LogP contribution in [0.15, 0.2) is 24.4 Å². The van der Waals surface area contributed by atoms with Gasteiger partial charge in [0, 0.05) is 6.20 Å². The van der Waals surface area contributed by atoms with Crippen molar-refractivity contribution in [3.05, 3.63) is 29.5 Å². The summed E-state index contributed by atoms with van der Waals surface area (Å²) in [4.78, 5) is 3.74. The van der Waals surface area contributed by atoms with Gasteiger partial charge in [-0.15, -0.1) is 0 Å². The van der Waals surface area contributed by atoms with Crippen LogP contribution in [-0.2, 0) is 0 Å². The van der Waals surface area contributed by atoms with Gasteiger partial charge in [0.1, 0.15) is 5.15 Å². The zero-order chi connectivity index (χ0) is 5.11. The number of pyridine rings is 1. The van der Waals surface area contributed by atoms with Crippen LogP contribution in [0.25, 0.3) is 0 Å². The van der Waals surface area contributed by atoms with Crippen molar-refractivity contribution in [2.45, 2.75) is 0 Å². The molecule has 0 aromatic carbocycles. The largest absolute Gasteiger partial charge is 2.00 e. The standard InChI is InChI=1S/C5H4ClN.Mg.2H/c6-5-3-1-2-4-7-5;;;/h1-4H;;;/q;+2;2*-1. The first kappa shape index (κ1) is 8.21. The summed E-state index contributed by atoms with van der Waals surface area (Å²) in [6, 6.07) is 5.41. The third-order valence-electron chi connectivity index (χ3n) is 0.629. The van der Waals surface area contributed by atoms with Crippen LogP contribution in [-0.4, -0.2) is 28.0 Å². The molecule has 0 radical (unpaired) electrons. The Morgan fingerprint density at radius 2 is 2.25 bits per heavy atom. The van der Waals surface area contributed by atoms with Crippen molar-refractivity contribution in [3.8, 4) is 0 Å². The molecule has 0 saturated carbocycles. The van der Waals surface area contributed by atoms with Crippen molar-refractivity contribution in [2.75, 3.05) is 0 Å². The van der Waals surface area contributed by atoms with Crippen LogP contribution in [0.2, 0.25) is 5.15 Å². The number of nitrogens with zero attached hydrogens (tertiary/aromatic N) is 1. The zero-order valence-corrected chi connectivity index (χ0v) is 6.51. The molecule has 0 aliphatic carbocycles. The van der Waals surface area contributed by atoms with Gasteiger partial charge in [0.2, 0.25) is 0 Å². The van der Waals surface area contributed by atoms with Gasteiger partial charge in [-0.2, -0.15) is 0 Å². The van der Waals surface area contributed by atoms with Crippen LogP contribution in [0.3, 0.4) is 0 Å². The van der Waals surface area contributed by atoms with Gasteiger partial charge < -0.3 is 2.85 Å². The first-order valence-electron chi connectivity index (χ1n) is 1.96. The summed E-state index contributed by atoms with van der Waals surface area (Å²) < 4.78 is 0. The summed E-state index contributed by atoms with van der Waals surface area (Å²) >= 11 is 5.43. The van der Waals surface area contributed by atoms with Gasteiger partial charge in [-0.25, -0.2) is 4.98 Å². The average molecular weight is 140 g/mol. The van der Waals surface area contributed by atoms with Crippen molar-refractivity contribution < 1.29 is 2.85 Å². The Hall–Kier alpha value is 0.206. The van der Waals surface area contributed by atoms with Crippen molar-refractivity contribution in [2.24, 2.45) is 0 Å². The molecule has 0 spiro atoms. The monoisotopic (exact) mass is 139 g/mol. The topological polar surface area (TPSA) is 12.9 Å². The minimum absolute atomic E-state index is 0. The molecule has 0 amide bonds. The van der Waals surface area contributed by atoms with E-state index in [1.807, 2.05) is 12.1 Å². The number of hydrogen-bond donors (Lipinski definition) is 0. The molecule has 0 atom stereocenters. The molecule has 1 heterocycles. The molecule has 1 rings (SSSR count). The Kier molecular flexibility index (Phi) is 4.23. The molecule has 3 heteroatoms.